The SMILES string of the molecule is CC1(CP(c2ccccc2)c2ccccc2)C2CCC1(CP(c1ccccc1)c1ccccc1)C1=Nc3ccccc3NC12. The number of benzene rings is 5. The number of fused-ring (bicyclic) bond motifs is 6. The summed E-state index contributed by atoms with van der Waals surface area (Å²) in [5, 5.41) is 9.95. The van der Waals surface area contributed by atoms with Crippen LogP contribution >= 0.6 is 15.8 Å². The Balaban J connectivity index is 1.30. The molecule has 218 valence electrons. The first kappa shape index (κ1) is 27.9. The average Bonchev–Trinajstić information content (AvgIpc) is 3.48. The van der Waals surface area contributed by atoms with Crippen LogP contribution in [0.25, 0.3) is 0 Å². The molecule has 2 aliphatic carbocycles. The van der Waals surface area contributed by atoms with Gasteiger partial charge in [-0.2, -0.15) is 0 Å². The third-order valence-electron chi connectivity index (χ3n) is 10.6. The lowest BCUT2D eigenvalue weighted by Gasteiger charge is -2.45. The summed E-state index contributed by atoms with van der Waals surface area (Å²) in [4.78, 5) is 5.62. The number of aliphatic imine (C=N–C) groups is 1. The van der Waals surface area contributed by atoms with Crippen molar-refractivity contribution in [1.82, 2.24) is 0 Å². The van der Waals surface area contributed by atoms with Crippen LogP contribution in [0, 0.1) is 16.7 Å². The quantitative estimate of drug-likeness (QED) is 0.176. The fraction of sp³-hybridized carbons (Fsp3) is 0.225. The fourth-order valence-electron chi connectivity index (χ4n) is 8.44. The molecule has 44 heavy (non-hydrogen) atoms. The largest absolute Gasteiger partial charge is 0.375 e. The Morgan fingerprint density at radius 1 is 0.614 bits per heavy atom. The Morgan fingerprint density at radius 2 is 1.07 bits per heavy atom. The van der Waals surface area contributed by atoms with Crippen LogP contribution < -0.4 is 26.5 Å². The number of nitrogens with one attached hydrogen (secondary N) is 1. The molecule has 2 nitrogen and oxygen atoms in total. The van der Waals surface area contributed by atoms with Crippen LogP contribution in [-0.4, -0.2) is 24.1 Å². The fourth-order valence-corrected chi connectivity index (χ4v) is 14.3. The highest BCUT2D eigenvalue weighted by molar-refractivity contribution is 7.73. The Morgan fingerprint density at radius 3 is 1.59 bits per heavy atom. The van der Waals surface area contributed by atoms with Crippen LogP contribution in [-0.2, 0) is 0 Å². The van der Waals surface area contributed by atoms with Gasteiger partial charge in [0.15, 0.2) is 0 Å². The minimum Gasteiger partial charge on any atom is -0.375 e. The molecule has 1 aliphatic heterocycles. The Hall–Kier alpha value is -3.57. The van der Waals surface area contributed by atoms with Gasteiger partial charge in [-0.3, -0.25) is 4.99 Å². The van der Waals surface area contributed by atoms with Gasteiger partial charge in [-0.25, -0.2) is 0 Å². The van der Waals surface area contributed by atoms with Crippen LogP contribution in [0.2, 0.25) is 0 Å². The van der Waals surface area contributed by atoms with Crippen molar-refractivity contribution in [2.45, 2.75) is 25.8 Å². The van der Waals surface area contributed by atoms with E-state index in [0.717, 1.165) is 11.8 Å². The van der Waals surface area contributed by atoms with Crippen molar-refractivity contribution >= 4 is 54.1 Å². The highest BCUT2D eigenvalue weighted by Gasteiger charge is 2.70. The van der Waals surface area contributed by atoms with Crippen molar-refractivity contribution in [3.05, 3.63) is 146 Å². The average molecular weight is 609 g/mol. The maximum Gasteiger partial charge on any atom is 0.0861 e. The molecule has 8 rings (SSSR count). The van der Waals surface area contributed by atoms with E-state index in [1.165, 1.54) is 51.6 Å². The van der Waals surface area contributed by atoms with E-state index in [4.69, 9.17) is 4.99 Å². The van der Waals surface area contributed by atoms with Crippen LogP contribution in [0.1, 0.15) is 19.8 Å². The lowest BCUT2D eigenvalue weighted by atomic mass is 9.69. The van der Waals surface area contributed by atoms with Crippen LogP contribution in [0.3, 0.4) is 0 Å². The van der Waals surface area contributed by atoms with E-state index in [9.17, 15) is 0 Å². The lowest BCUT2D eigenvalue weighted by Crippen LogP contribution is -2.46. The maximum atomic E-state index is 5.62. The summed E-state index contributed by atoms with van der Waals surface area (Å²) in [6.07, 6.45) is 4.75. The van der Waals surface area contributed by atoms with Gasteiger partial charge in [-0.05, 0) is 85.7 Å². The van der Waals surface area contributed by atoms with E-state index in [2.05, 4.69) is 158 Å². The van der Waals surface area contributed by atoms with Crippen molar-refractivity contribution in [2.24, 2.45) is 21.7 Å². The van der Waals surface area contributed by atoms with Crippen molar-refractivity contribution in [3.63, 3.8) is 0 Å². The van der Waals surface area contributed by atoms with Gasteiger partial charge in [0.05, 0.1) is 17.4 Å². The highest BCUT2D eigenvalue weighted by atomic mass is 31.1. The second-order valence-electron chi connectivity index (χ2n) is 12.8. The molecule has 2 bridgehead atoms. The van der Waals surface area contributed by atoms with Crippen LogP contribution in [0.4, 0.5) is 11.4 Å². The maximum absolute atomic E-state index is 5.62. The van der Waals surface area contributed by atoms with E-state index >= 15 is 0 Å². The monoisotopic (exact) mass is 608 g/mol. The third kappa shape index (κ3) is 4.58. The third-order valence-corrected chi connectivity index (χ3v) is 16.1. The lowest BCUT2D eigenvalue weighted by molar-refractivity contribution is 0.200. The van der Waals surface area contributed by atoms with E-state index in [0.29, 0.717) is 5.92 Å². The molecule has 2 saturated carbocycles. The van der Waals surface area contributed by atoms with Crippen molar-refractivity contribution in [1.29, 1.82) is 0 Å². The molecule has 4 heteroatoms. The second kappa shape index (κ2) is 11.4. The normalized spacial score (nSPS) is 24.9. The molecule has 5 aromatic rings. The van der Waals surface area contributed by atoms with Crippen LogP contribution in [0.5, 0.6) is 0 Å². The van der Waals surface area contributed by atoms with Crippen molar-refractivity contribution in [3.8, 4) is 0 Å². The Bertz CT molecular complexity index is 1700. The zero-order valence-corrected chi connectivity index (χ0v) is 27.0. The van der Waals surface area contributed by atoms with E-state index in [-0.39, 0.29) is 16.9 Å². The first-order valence-electron chi connectivity index (χ1n) is 15.9. The molecule has 0 radical (unpaired) electrons. The molecule has 0 amide bonds. The minimum atomic E-state index is -0.583. The standard InChI is InChI=1S/C40H38N2P2/c1-39(28-43(30-16-6-2-7-17-30)31-18-8-3-9-19-31)34-26-27-40(39,38-37(34)41-35-24-14-15-25-36(35)42-38)29-44(32-20-10-4-11-21-32)33-22-12-5-13-23-33/h2-25,34,37,41H,26-29H2,1H3. The van der Waals surface area contributed by atoms with Crippen molar-refractivity contribution in [2.75, 3.05) is 17.6 Å². The molecular formula is C40H38N2P2. The van der Waals surface area contributed by atoms with E-state index < -0.39 is 15.8 Å². The number of anilines is 1. The molecule has 3 aliphatic rings. The number of nitrogens with zero attached hydrogens (tertiary/aromatic N) is 1. The predicted molar refractivity (Wildman–Crippen MR) is 192 cm³/mol. The zero-order valence-electron chi connectivity index (χ0n) is 25.2. The number of hydrogen-bond donors (Lipinski definition) is 1. The first-order valence-corrected chi connectivity index (χ1v) is 18.9. The molecule has 0 saturated heterocycles. The molecule has 2 fully saturated rings. The summed E-state index contributed by atoms with van der Waals surface area (Å²) < 4.78 is 0. The zero-order chi connectivity index (χ0) is 29.6. The van der Waals surface area contributed by atoms with E-state index in [1.807, 2.05) is 0 Å². The topological polar surface area (TPSA) is 24.4 Å². The van der Waals surface area contributed by atoms with E-state index in [1.54, 1.807) is 0 Å². The molecule has 4 unspecified atom stereocenters. The summed E-state index contributed by atoms with van der Waals surface area (Å²) in [6.45, 7) is 2.66. The van der Waals surface area contributed by atoms with Gasteiger partial charge in [0.25, 0.3) is 0 Å². The number of rotatable bonds is 8. The summed E-state index contributed by atoms with van der Waals surface area (Å²) in [5.74, 6) is 0.537. The Labute approximate surface area is 264 Å². The second-order valence-corrected chi connectivity index (χ2v) is 17.2. The first-order chi connectivity index (χ1) is 21.7. The van der Waals surface area contributed by atoms with Gasteiger partial charge >= 0.3 is 0 Å². The molecular weight excluding hydrogens is 570 g/mol. The van der Waals surface area contributed by atoms with Crippen molar-refractivity contribution < 1.29 is 0 Å². The molecule has 1 N–H and O–H groups in total. The van der Waals surface area contributed by atoms with Gasteiger partial charge in [-0.15, -0.1) is 0 Å². The van der Waals surface area contributed by atoms with Gasteiger partial charge in [0.1, 0.15) is 0 Å². The van der Waals surface area contributed by atoms with Gasteiger partial charge in [-0.1, -0.05) is 140 Å². The molecule has 4 atom stereocenters. The molecule has 0 aromatic heterocycles. The number of hydrogen-bond acceptors (Lipinski definition) is 2. The Kier molecular flexibility index (Phi) is 7.25. The highest BCUT2D eigenvalue weighted by Crippen LogP contribution is 2.71. The summed E-state index contributed by atoms with van der Waals surface area (Å²) in [7, 11) is -1.13. The minimum absolute atomic E-state index is 0.00436. The van der Waals surface area contributed by atoms with Gasteiger partial charge in [0, 0.05) is 11.1 Å². The van der Waals surface area contributed by atoms with Gasteiger partial charge in [0.2, 0.25) is 0 Å². The molecule has 0 spiro atoms. The molecule has 5 aromatic carbocycles. The summed E-state index contributed by atoms with van der Waals surface area (Å²) >= 11 is 0. The summed E-state index contributed by atoms with van der Waals surface area (Å²) in [6, 6.07) is 54.3. The smallest absolute Gasteiger partial charge is 0.0861 e. The predicted octanol–water partition coefficient (Wildman–Crippen LogP) is 8.24. The number of para-hydroxylation sites is 2. The summed E-state index contributed by atoms with van der Waals surface area (Å²) in [5.41, 5.74) is 3.81. The molecule has 1 heterocycles. The van der Waals surface area contributed by atoms with Crippen LogP contribution in [0.15, 0.2) is 151 Å². The van der Waals surface area contributed by atoms with Gasteiger partial charge < -0.3 is 5.32 Å².